The molecule has 0 spiro atoms. The number of hydrogen-bond donors (Lipinski definition) is 0. The van der Waals surface area contributed by atoms with Gasteiger partial charge in [0.2, 0.25) is 0 Å². The largest absolute Gasteiger partial charge is 0.303 e. The SMILES string of the molecule is C/C(=C/c1cccc(C)c1)CC=O. The maximum absolute atomic E-state index is 10.2. The van der Waals surface area contributed by atoms with Crippen LogP contribution in [0.25, 0.3) is 6.08 Å². The van der Waals surface area contributed by atoms with E-state index in [1.165, 1.54) is 11.1 Å². The van der Waals surface area contributed by atoms with Gasteiger partial charge in [-0.3, -0.25) is 0 Å². The molecule has 0 radical (unpaired) electrons. The fraction of sp³-hybridized carbons (Fsp3) is 0.250. The lowest BCUT2D eigenvalue weighted by molar-refractivity contribution is -0.107. The lowest BCUT2D eigenvalue weighted by atomic mass is 10.1. The number of carbonyl (C=O) groups excluding carboxylic acids is 1. The normalized spacial score (nSPS) is 11.4. The Bertz CT molecular complexity index is 324. The summed E-state index contributed by atoms with van der Waals surface area (Å²) in [5.74, 6) is 0. The molecule has 13 heavy (non-hydrogen) atoms. The van der Waals surface area contributed by atoms with Crippen LogP contribution < -0.4 is 0 Å². The van der Waals surface area contributed by atoms with Crippen LogP contribution in [0.2, 0.25) is 0 Å². The molecule has 1 heteroatoms. The van der Waals surface area contributed by atoms with E-state index >= 15 is 0 Å². The van der Waals surface area contributed by atoms with E-state index in [0.29, 0.717) is 6.42 Å². The Morgan fingerprint density at radius 1 is 1.46 bits per heavy atom. The van der Waals surface area contributed by atoms with Crippen molar-refractivity contribution in [2.24, 2.45) is 0 Å². The Balaban J connectivity index is 2.84. The molecule has 0 saturated heterocycles. The van der Waals surface area contributed by atoms with Crippen LogP contribution in [0.5, 0.6) is 0 Å². The summed E-state index contributed by atoms with van der Waals surface area (Å²) in [6, 6.07) is 8.23. The van der Waals surface area contributed by atoms with Crippen LogP contribution in [0.3, 0.4) is 0 Å². The molecular weight excluding hydrogens is 160 g/mol. The number of aldehydes is 1. The van der Waals surface area contributed by atoms with E-state index in [1.54, 1.807) is 0 Å². The van der Waals surface area contributed by atoms with Gasteiger partial charge in [0.25, 0.3) is 0 Å². The molecule has 0 aliphatic carbocycles. The van der Waals surface area contributed by atoms with E-state index in [0.717, 1.165) is 11.9 Å². The van der Waals surface area contributed by atoms with Crippen molar-refractivity contribution in [1.29, 1.82) is 0 Å². The summed E-state index contributed by atoms with van der Waals surface area (Å²) >= 11 is 0. The molecule has 0 unspecified atom stereocenters. The van der Waals surface area contributed by atoms with E-state index in [1.807, 2.05) is 25.1 Å². The number of rotatable bonds is 3. The van der Waals surface area contributed by atoms with Crippen LogP contribution in [0.15, 0.2) is 29.8 Å². The Morgan fingerprint density at radius 2 is 2.23 bits per heavy atom. The van der Waals surface area contributed by atoms with E-state index in [-0.39, 0.29) is 0 Å². The van der Waals surface area contributed by atoms with Gasteiger partial charge in [0.05, 0.1) is 0 Å². The van der Waals surface area contributed by atoms with Crippen molar-refractivity contribution in [3.8, 4) is 0 Å². The monoisotopic (exact) mass is 174 g/mol. The first kappa shape index (κ1) is 9.72. The van der Waals surface area contributed by atoms with Gasteiger partial charge in [-0.25, -0.2) is 0 Å². The third-order valence-corrected chi connectivity index (χ3v) is 1.86. The topological polar surface area (TPSA) is 17.1 Å². The standard InChI is InChI=1S/C12H14O/c1-10-4-3-5-12(8-10)9-11(2)6-7-13/h3-5,7-9H,6H2,1-2H3/b11-9-. The number of carbonyl (C=O) groups is 1. The maximum atomic E-state index is 10.2. The van der Waals surface area contributed by atoms with Crippen LogP contribution in [0, 0.1) is 6.92 Å². The predicted octanol–water partition coefficient (Wildman–Crippen LogP) is 2.99. The first-order chi connectivity index (χ1) is 6.22. The molecule has 0 bridgehead atoms. The molecule has 0 saturated carbocycles. The van der Waals surface area contributed by atoms with E-state index in [9.17, 15) is 4.79 Å². The maximum Gasteiger partial charge on any atom is 0.124 e. The molecule has 0 N–H and O–H groups in total. The smallest absolute Gasteiger partial charge is 0.124 e. The molecule has 0 aliphatic heterocycles. The van der Waals surface area contributed by atoms with Gasteiger partial charge < -0.3 is 4.79 Å². The Kier molecular flexibility index (Phi) is 3.44. The minimum atomic E-state index is 0.522. The van der Waals surface area contributed by atoms with Crippen LogP contribution in [-0.4, -0.2) is 6.29 Å². The number of hydrogen-bond acceptors (Lipinski definition) is 1. The van der Waals surface area contributed by atoms with Crippen molar-refractivity contribution < 1.29 is 4.79 Å². The molecular formula is C12H14O. The molecule has 1 rings (SSSR count). The van der Waals surface area contributed by atoms with Crippen molar-refractivity contribution >= 4 is 12.4 Å². The Hall–Kier alpha value is -1.37. The van der Waals surface area contributed by atoms with Gasteiger partial charge in [0, 0.05) is 6.42 Å². The molecule has 0 fully saturated rings. The summed E-state index contributed by atoms with van der Waals surface area (Å²) in [4.78, 5) is 10.2. The van der Waals surface area contributed by atoms with Crippen molar-refractivity contribution in [1.82, 2.24) is 0 Å². The number of allylic oxidation sites excluding steroid dienone is 1. The van der Waals surface area contributed by atoms with Gasteiger partial charge in [-0.2, -0.15) is 0 Å². The van der Waals surface area contributed by atoms with Gasteiger partial charge in [0.15, 0.2) is 0 Å². The van der Waals surface area contributed by atoms with Gasteiger partial charge >= 0.3 is 0 Å². The first-order valence-corrected chi connectivity index (χ1v) is 4.40. The molecule has 0 aliphatic rings. The highest BCUT2D eigenvalue weighted by Crippen LogP contribution is 2.10. The molecule has 0 atom stereocenters. The fourth-order valence-corrected chi connectivity index (χ4v) is 1.23. The molecule has 0 amide bonds. The lowest BCUT2D eigenvalue weighted by Gasteiger charge is -1.97. The zero-order chi connectivity index (χ0) is 9.68. The third kappa shape index (κ3) is 3.24. The summed E-state index contributed by atoms with van der Waals surface area (Å²) in [6.45, 7) is 4.03. The van der Waals surface area contributed by atoms with Gasteiger partial charge in [-0.15, -0.1) is 0 Å². The van der Waals surface area contributed by atoms with Crippen LogP contribution in [-0.2, 0) is 4.79 Å². The summed E-state index contributed by atoms with van der Waals surface area (Å²) < 4.78 is 0. The molecule has 1 aromatic rings. The minimum absolute atomic E-state index is 0.522. The second-order valence-electron chi connectivity index (χ2n) is 3.28. The highest BCUT2D eigenvalue weighted by Gasteiger charge is 1.91. The predicted molar refractivity (Wildman–Crippen MR) is 55.5 cm³/mol. The van der Waals surface area contributed by atoms with Gasteiger partial charge in [-0.05, 0) is 19.4 Å². The van der Waals surface area contributed by atoms with Gasteiger partial charge in [-0.1, -0.05) is 41.5 Å². The average Bonchev–Trinajstić information content (AvgIpc) is 2.04. The van der Waals surface area contributed by atoms with Crippen molar-refractivity contribution in [2.45, 2.75) is 20.3 Å². The van der Waals surface area contributed by atoms with E-state index in [2.05, 4.69) is 19.1 Å². The minimum Gasteiger partial charge on any atom is -0.303 e. The second kappa shape index (κ2) is 4.61. The molecule has 68 valence electrons. The molecule has 0 heterocycles. The highest BCUT2D eigenvalue weighted by molar-refractivity contribution is 5.61. The van der Waals surface area contributed by atoms with Crippen molar-refractivity contribution in [2.75, 3.05) is 0 Å². The number of benzene rings is 1. The quantitative estimate of drug-likeness (QED) is 0.644. The number of aryl methyl sites for hydroxylation is 1. The van der Waals surface area contributed by atoms with Crippen molar-refractivity contribution in [3.05, 3.63) is 41.0 Å². The fourth-order valence-electron chi connectivity index (χ4n) is 1.23. The van der Waals surface area contributed by atoms with Crippen LogP contribution >= 0.6 is 0 Å². The average molecular weight is 174 g/mol. The van der Waals surface area contributed by atoms with E-state index < -0.39 is 0 Å². The molecule has 1 nitrogen and oxygen atoms in total. The third-order valence-electron chi connectivity index (χ3n) is 1.86. The summed E-state index contributed by atoms with van der Waals surface area (Å²) in [5.41, 5.74) is 3.51. The zero-order valence-electron chi connectivity index (χ0n) is 8.08. The summed E-state index contributed by atoms with van der Waals surface area (Å²) in [5, 5.41) is 0. The van der Waals surface area contributed by atoms with E-state index in [4.69, 9.17) is 0 Å². The summed E-state index contributed by atoms with van der Waals surface area (Å²) in [7, 11) is 0. The Labute approximate surface area is 79.1 Å². The summed E-state index contributed by atoms with van der Waals surface area (Å²) in [6.07, 6.45) is 3.50. The lowest BCUT2D eigenvalue weighted by Crippen LogP contribution is -1.80. The van der Waals surface area contributed by atoms with Crippen LogP contribution in [0.4, 0.5) is 0 Å². The molecule has 0 aromatic heterocycles. The van der Waals surface area contributed by atoms with Crippen LogP contribution in [0.1, 0.15) is 24.5 Å². The highest BCUT2D eigenvalue weighted by atomic mass is 16.1. The Morgan fingerprint density at radius 3 is 2.85 bits per heavy atom. The zero-order valence-corrected chi connectivity index (χ0v) is 8.08. The van der Waals surface area contributed by atoms with Crippen molar-refractivity contribution in [3.63, 3.8) is 0 Å². The second-order valence-corrected chi connectivity index (χ2v) is 3.28. The first-order valence-electron chi connectivity index (χ1n) is 4.40. The molecule has 1 aromatic carbocycles. The van der Waals surface area contributed by atoms with Gasteiger partial charge in [0.1, 0.15) is 6.29 Å².